The van der Waals surface area contributed by atoms with Gasteiger partial charge in [0, 0.05) is 57.8 Å². The van der Waals surface area contributed by atoms with E-state index >= 15 is 0 Å². The SMILES string of the molecule is CCC.Cn1nc(C(=O)NC2CCN(CCN3CCC4(CC3)COC4)CC2)c2ccc(N3CCCCCC3)nc21. The van der Waals surface area contributed by atoms with Crippen LogP contribution in [0.2, 0.25) is 0 Å². The van der Waals surface area contributed by atoms with Gasteiger partial charge < -0.3 is 24.8 Å². The summed E-state index contributed by atoms with van der Waals surface area (Å²) < 4.78 is 7.22. The number of nitrogens with zero attached hydrogens (tertiary/aromatic N) is 6. The molecule has 0 aromatic carbocycles. The zero-order valence-electron chi connectivity index (χ0n) is 25.2. The van der Waals surface area contributed by atoms with Gasteiger partial charge in [0.1, 0.15) is 5.82 Å². The minimum Gasteiger partial charge on any atom is -0.380 e. The normalized spacial score (nSPS) is 22.4. The highest BCUT2D eigenvalue weighted by Gasteiger charge is 2.41. The summed E-state index contributed by atoms with van der Waals surface area (Å²) in [6, 6.07) is 4.30. The molecule has 4 aliphatic heterocycles. The number of carbonyl (C=O) groups excluding carboxylic acids is 1. The van der Waals surface area contributed by atoms with Gasteiger partial charge in [0.25, 0.3) is 5.91 Å². The fraction of sp³-hybridized carbons (Fsp3) is 0.774. The molecule has 0 bridgehead atoms. The quantitative estimate of drug-likeness (QED) is 0.578. The van der Waals surface area contributed by atoms with E-state index in [1.54, 1.807) is 4.68 Å². The van der Waals surface area contributed by atoms with Gasteiger partial charge >= 0.3 is 0 Å². The first-order valence-electron chi connectivity index (χ1n) is 15.9. The van der Waals surface area contributed by atoms with E-state index in [9.17, 15) is 4.79 Å². The number of pyridine rings is 1. The summed E-state index contributed by atoms with van der Waals surface area (Å²) >= 11 is 0. The van der Waals surface area contributed by atoms with Crippen molar-refractivity contribution in [2.75, 3.05) is 70.5 Å². The first kappa shape index (κ1) is 29.3. The van der Waals surface area contributed by atoms with Gasteiger partial charge in [0.15, 0.2) is 11.3 Å². The fourth-order valence-corrected chi connectivity index (χ4v) is 6.53. The maximum Gasteiger partial charge on any atom is 0.272 e. The number of hydrogen-bond acceptors (Lipinski definition) is 7. The molecule has 4 fully saturated rings. The topological polar surface area (TPSA) is 78.8 Å². The number of ether oxygens (including phenoxy) is 1. The summed E-state index contributed by atoms with van der Waals surface area (Å²) in [5.74, 6) is 0.924. The summed E-state index contributed by atoms with van der Waals surface area (Å²) in [5.41, 5.74) is 1.79. The lowest BCUT2D eigenvalue weighted by Gasteiger charge is -2.47. The van der Waals surface area contributed by atoms with Crippen molar-refractivity contribution in [3.8, 4) is 0 Å². The molecule has 1 N–H and O–H groups in total. The van der Waals surface area contributed by atoms with Gasteiger partial charge in [0.2, 0.25) is 0 Å². The average molecular weight is 554 g/mol. The second-order valence-corrected chi connectivity index (χ2v) is 12.5. The molecular formula is C31H51N7O2. The number of hydrogen-bond donors (Lipinski definition) is 1. The van der Waals surface area contributed by atoms with Crippen molar-refractivity contribution >= 4 is 22.8 Å². The lowest BCUT2D eigenvalue weighted by molar-refractivity contribution is -0.139. The molecule has 4 aliphatic rings. The molecule has 1 spiro atoms. The third-order valence-electron chi connectivity index (χ3n) is 9.21. The maximum absolute atomic E-state index is 13.2. The molecule has 2 aromatic heterocycles. The van der Waals surface area contributed by atoms with E-state index in [4.69, 9.17) is 9.72 Å². The zero-order chi connectivity index (χ0) is 28.0. The molecule has 6 rings (SSSR count). The number of aromatic nitrogens is 3. The Kier molecular flexibility index (Phi) is 9.97. The minimum atomic E-state index is -0.0735. The van der Waals surface area contributed by atoms with Crippen LogP contribution in [0.15, 0.2) is 12.1 Å². The van der Waals surface area contributed by atoms with Crippen molar-refractivity contribution in [3.63, 3.8) is 0 Å². The van der Waals surface area contributed by atoms with Crippen LogP contribution in [-0.4, -0.2) is 102 Å². The Morgan fingerprint density at radius 1 is 0.950 bits per heavy atom. The van der Waals surface area contributed by atoms with Crippen LogP contribution in [0.25, 0.3) is 11.0 Å². The molecule has 0 aliphatic carbocycles. The summed E-state index contributed by atoms with van der Waals surface area (Å²) in [4.78, 5) is 25.7. The van der Waals surface area contributed by atoms with Crippen molar-refractivity contribution < 1.29 is 9.53 Å². The number of nitrogens with one attached hydrogen (secondary N) is 1. The van der Waals surface area contributed by atoms with E-state index in [-0.39, 0.29) is 11.9 Å². The van der Waals surface area contributed by atoms with Crippen LogP contribution < -0.4 is 10.2 Å². The van der Waals surface area contributed by atoms with E-state index in [0.29, 0.717) is 11.1 Å². The second kappa shape index (κ2) is 13.6. The molecule has 0 atom stereocenters. The Morgan fingerprint density at radius 2 is 1.57 bits per heavy atom. The molecule has 2 aromatic rings. The van der Waals surface area contributed by atoms with Crippen LogP contribution >= 0.6 is 0 Å². The number of carbonyl (C=O) groups is 1. The van der Waals surface area contributed by atoms with Crippen molar-refractivity contribution in [1.29, 1.82) is 0 Å². The number of anilines is 1. The minimum absolute atomic E-state index is 0.0735. The van der Waals surface area contributed by atoms with E-state index < -0.39 is 0 Å². The largest absolute Gasteiger partial charge is 0.380 e. The van der Waals surface area contributed by atoms with E-state index in [0.717, 1.165) is 82.2 Å². The van der Waals surface area contributed by atoms with E-state index in [2.05, 4.69) is 45.0 Å². The zero-order valence-corrected chi connectivity index (χ0v) is 25.2. The maximum atomic E-state index is 13.2. The van der Waals surface area contributed by atoms with Crippen LogP contribution in [0.5, 0.6) is 0 Å². The van der Waals surface area contributed by atoms with Gasteiger partial charge in [-0.3, -0.25) is 4.79 Å². The highest BCUT2D eigenvalue weighted by atomic mass is 16.5. The number of aryl methyl sites for hydroxylation is 1. The van der Waals surface area contributed by atoms with Crippen LogP contribution in [0.4, 0.5) is 5.82 Å². The predicted octanol–water partition coefficient (Wildman–Crippen LogP) is 4.07. The van der Waals surface area contributed by atoms with E-state index in [1.165, 1.54) is 58.0 Å². The van der Waals surface area contributed by atoms with Gasteiger partial charge in [-0.05, 0) is 63.7 Å². The molecule has 9 nitrogen and oxygen atoms in total. The second-order valence-electron chi connectivity index (χ2n) is 12.5. The van der Waals surface area contributed by atoms with Crippen molar-refractivity contribution in [3.05, 3.63) is 17.8 Å². The van der Waals surface area contributed by atoms with Crippen LogP contribution in [0, 0.1) is 5.41 Å². The first-order valence-corrected chi connectivity index (χ1v) is 15.9. The van der Waals surface area contributed by atoms with Gasteiger partial charge in [-0.15, -0.1) is 0 Å². The molecule has 4 saturated heterocycles. The van der Waals surface area contributed by atoms with Crippen molar-refractivity contribution in [1.82, 2.24) is 29.9 Å². The van der Waals surface area contributed by atoms with Crippen molar-refractivity contribution in [2.45, 2.75) is 77.7 Å². The lowest BCUT2D eigenvalue weighted by Crippen LogP contribution is -2.52. The number of fused-ring (bicyclic) bond motifs is 1. The molecule has 9 heteroatoms. The van der Waals surface area contributed by atoms with Crippen molar-refractivity contribution in [2.24, 2.45) is 12.5 Å². The molecular weight excluding hydrogens is 502 g/mol. The summed E-state index contributed by atoms with van der Waals surface area (Å²) in [7, 11) is 1.89. The molecule has 222 valence electrons. The lowest BCUT2D eigenvalue weighted by atomic mass is 9.77. The number of rotatable bonds is 6. The van der Waals surface area contributed by atoms with Crippen LogP contribution in [0.1, 0.15) is 82.1 Å². The molecule has 0 unspecified atom stereocenters. The first-order chi connectivity index (χ1) is 19.5. The fourth-order valence-electron chi connectivity index (χ4n) is 6.53. The van der Waals surface area contributed by atoms with Gasteiger partial charge in [-0.1, -0.05) is 33.1 Å². The highest BCUT2D eigenvalue weighted by molar-refractivity contribution is 6.04. The number of piperidine rings is 2. The van der Waals surface area contributed by atoms with Crippen LogP contribution in [0.3, 0.4) is 0 Å². The summed E-state index contributed by atoms with van der Waals surface area (Å²) in [6.07, 6.45) is 10.8. The Bertz CT molecular complexity index is 1090. The molecule has 6 heterocycles. The van der Waals surface area contributed by atoms with Gasteiger partial charge in [-0.2, -0.15) is 5.10 Å². The van der Waals surface area contributed by atoms with E-state index in [1.807, 2.05) is 13.1 Å². The summed E-state index contributed by atoms with van der Waals surface area (Å²) in [6.45, 7) is 15.1. The third-order valence-corrected chi connectivity index (χ3v) is 9.21. The molecule has 1 amide bonds. The molecule has 0 radical (unpaired) electrons. The standard InChI is InChI=1S/C28H43N7O2.C3H8/c1-32-26-23(6-7-24(30-26)35-12-4-2-3-5-13-35)25(31-32)27(36)29-22-8-14-33(15-9-22)18-19-34-16-10-28(11-17-34)20-37-21-28;1-3-2/h6-7,22H,2-5,8-21H2,1H3,(H,29,36);3H2,1-2H3. The predicted molar refractivity (Wildman–Crippen MR) is 161 cm³/mol. The average Bonchev–Trinajstić information content (AvgIpc) is 3.10. The smallest absolute Gasteiger partial charge is 0.272 e. The Labute approximate surface area is 240 Å². The number of amides is 1. The Morgan fingerprint density at radius 3 is 2.17 bits per heavy atom. The Balaban J connectivity index is 0.00000103. The molecule has 40 heavy (non-hydrogen) atoms. The Hall–Kier alpha value is -2.23. The summed E-state index contributed by atoms with van der Waals surface area (Å²) in [5, 5.41) is 8.69. The monoisotopic (exact) mass is 553 g/mol. The van der Waals surface area contributed by atoms with Gasteiger partial charge in [-0.25, -0.2) is 9.67 Å². The highest BCUT2D eigenvalue weighted by Crippen LogP contribution is 2.38. The van der Waals surface area contributed by atoms with Gasteiger partial charge in [0.05, 0.1) is 18.6 Å². The van der Waals surface area contributed by atoms with Crippen LogP contribution in [-0.2, 0) is 11.8 Å². The number of likely N-dealkylation sites (tertiary alicyclic amines) is 2. The molecule has 0 saturated carbocycles. The third kappa shape index (κ3) is 6.97.